The Morgan fingerprint density at radius 1 is 0.957 bits per heavy atom. The Morgan fingerprint density at radius 3 is 2.52 bits per heavy atom. The maximum absolute atomic E-state index is 11.9. The first-order valence-electron chi connectivity index (χ1n) is 7.08. The van der Waals surface area contributed by atoms with E-state index in [0.29, 0.717) is 17.1 Å². The van der Waals surface area contributed by atoms with E-state index in [4.69, 9.17) is 14.7 Å². The van der Waals surface area contributed by atoms with Gasteiger partial charge in [0.15, 0.2) is 6.61 Å². The maximum atomic E-state index is 11.9. The van der Waals surface area contributed by atoms with Crippen LogP contribution in [0.2, 0.25) is 0 Å². The molecular weight excluding hydrogens is 290 g/mol. The quantitative estimate of drug-likeness (QED) is 0.545. The highest BCUT2D eigenvalue weighted by molar-refractivity contribution is 5.84. The van der Waals surface area contributed by atoms with Crippen molar-refractivity contribution in [3.05, 3.63) is 72.3 Å². The fourth-order valence-corrected chi connectivity index (χ4v) is 2.21. The molecule has 0 heterocycles. The van der Waals surface area contributed by atoms with E-state index in [-0.39, 0.29) is 6.61 Å². The molecule has 0 aliphatic rings. The third-order valence-electron chi connectivity index (χ3n) is 3.31. The molecule has 23 heavy (non-hydrogen) atoms. The van der Waals surface area contributed by atoms with Gasteiger partial charge in [-0.2, -0.15) is 5.26 Å². The van der Waals surface area contributed by atoms with Crippen molar-refractivity contribution in [3.8, 4) is 17.6 Å². The van der Waals surface area contributed by atoms with E-state index < -0.39 is 5.97 Å². The van der Waals surface area contributed by atoms with E-state index in [0.717, 1.165) is 10.8 Å². The molecule has 3 rings (SSSR count). The fourth-order valence-electron chi connectivity index (χ4n) is 2.21. The van der Waals surface area contributed by atoms with Gasteiger partial charge in [-0.1, -0.05) is 42.5 Å². The number of carbonyl (C=O) groups is 1. The Balaban J connectivity index is 1.65. The Labute approximate surface area is 133 Å². The van der Waals surface area contributed by atoms with E-state index in [9.17, 15) is 4.79 Å². The molecule has 4 nitrogen and oxygen atoms in total. The minimum absolute atomic E-state index is 0.258. The number of hydrogen-bond acceptors (Lipinski definition) is 4. The van der Waals surface area contributed by atoms with Crippen LogP contribution in [0.15, 0.2) is 66.7 Å². The third kappa shape index (κ3) is 3.47. The van der Waals surface area contributed by atoms with Crippen LogP contribution in [-0.2, 0) is 4.79 Å². The summed E-state index contributed by atoms with van der Waals surface area (Å²) < 4.78 is 10.6. The SMILES string of the molecule is N#Cc1ccccc1OCC(=O)Oc1ccc2ccccc2c1. The van der Waals surface area contributed by atoms with E-state index in [1.165, 1.54) is 0 Å². The van der Waals surface area contributed by atoms with Crippen LogP contribution in [0.3, 0.4) is 0 Å². The summed E-state index contributed by atoms with van der Waals surface area (Å²) in [4.78, 5) is 11.9. The molecule has 0 bridgehead atoms. The molecule has 112 valence electrons. The molecule has 0 aromatic heterocycles. The molecule has 3 aromatic rings. The number of rotatable bonds is 4. The Morgan fingerprint density at radius 2 is 1.70 bits per heavy atom. The summed E-state index contributed by atoms with van der Waals surface area (Å²) in [5, 5.41) is 11.0. The van der Waals surface area contributed by atoms with Crippen LogP contribution in [0.25, 0.3) is 10.8 Å². The first-order chi connectivity index (χ1) is 11.3. The number of carbonyl (C=O) groups excluding carboxylic acids is 1. The number of hydrogen-bond donors (Lipinski definition) is 0. The summed E-state index contributed by atoms with van der Waals surface area (Å²) in [7, 11) is 0. The molecule has 4 heteroatoms. The Hall–Kier alpha value is -3.32. The Bertz CT molecular complexity index is 896. The summed E-state index contributed by atoms with van der Waals surface area (Å²) in [6.45, 7) is -0.258. The lowest BCUT2D eigenvalue weighted by Gasteiger charge is -2.08. The van der Waals surface area contributed by atoms with Crippen molar-refractivity contribution in [2.75, 3.05) is 6.61 Å². The second kappa shape index (κ2) is 6.63. The second-order valence-corrected chi connectivity index (χ2v) is 4.88. The lowest BCUT2D eigenvalue weighted by molar-refractivity contribution is -0.136. The maximum Gasteiger partial charge on any atom is 0.349 e. The van der Waals surface area contributed by atoms with Gasteiger partial charge in [0.05, 0.1) is 5.56 Å². The minimum Gasteiger partial charge on any atom is -0.481 e. The number of fused-ring (bicyclic) bond motifs is 1. The highest BCUT2D eigenvalue weighted by atomic mass is 16.6. The van der Waals surface area contributed by atoms with Crippen LogP contribution < -0.4 is 9.47 Å². The molecule has 0 amide bonds. The number of nitrogens with zero attached hydrogens (tertiary/aromatic N) is 1. The van der Waals surface area contributed by atoms with Gasteiger partial charge < -0.3 is 9.47 Å². The molecule has 0 aliphatic carbocycles. The average molecular weight is 303 g/mol. The van der Waals surface area contributed by atoms with Crippen molar-refractivity contribution in [2.45, 2.75) is 0 Å². The zero-order valence-electron chi connectivity index (χ0n) is 12.2. The van der Waals surface area contributed by atoms with E-state index in [2.05, 4.69) is 0 Å². The zero-order chi connectivity index (χ0) is 16.1. The van der Waals surface area contributed by atoms with Crippen molar-refractivity contribution < 1.29 is 14.3 Å². The number of nitriles is 1. The largest absolute Gasteiger partial charge is 0.481 e. The molecule has 0 radical (unpaired) electrons. The predicted octanol–water partition coefficient (Wildman–Crippen LogP) is 3.70. The van der Waals surface area contributed by atoms with Gasteiger partial charge in [0, 0.05) is 0 Å². The molecule has 0 aliphatic heterocycles. The molecule has 0 atom stereocenters. The summed E-state index contributed by atoms with van der Waals surface area (Å²) in [5.74, 6) is 0.310. The molecule has 0 fully saturated rings. The summed E-state index contributed by atoms with van der Waals surface area (Å²) in [5.41, 5.74) is 0.381. The van der Waals surface area contributed by atoms with E-state index in [1.807, 2.05) is 36.4 Å². The first-order valence-corrected chi connectivity index (χ1v) is 7.08. The van der Waals surface area contributed by atoms with Gasteiger partial charge in [0.2, 0.25) is 0 Å². The van der Waals surface area contributed by atoms with Crippen LogP contribution in [0.1, 0.15) is 5.56 Å². The van der Waals surface area contributed by atoms with Gasteiger partial charge in [-0.15, -0.1) is 0 Å². The van der Waals surface area contributed by atoms with Gasteiger partial charge in [0.1, 0.15) is 17.6 Å². The standard InChI is InChI=1S/C19H13NO3/c20-12-16-7-3-4-8-18(16)22-13-19(21)23-17-10-9-14-5-1-2-6-15(14)11-17/h1-11H,13H2. The number of esters is 1. The van der Waals surface area contributed by atoms with Gasteiger partial charge >= 0.3 is 5.97 Å². The molecule has 0 N–H and O–H groups in total. The van der Waals surface area contributed by atoms with Crippen LogP contribution in [0.4, 0.5) is 0 Å². The van der Waals surface area contributed by atoms with Crippen molar-refractivity contribution in [2.24, 2.45) is 0 Å². The molecule has 3 aromatic carbocycles. The van der Waals surface area contributed by atoms with Crippen LogP contribution in [0, 0.1) is 11.3 Å². The third-order valence-corrected chi connectivity index (χ3v) is 3.31. The van der Waals surface area contributed by atoms with Crippen molar-refractivity contribution in [3.63, 3.8) is 0 Å². The minimum atomic E-state index is -0.520. The smallest absolute Gasteiger partial charge is 0.349 e. The number of benzene rings is 3. The lowest BCUT2D eigenvalue weighted by atomic mass is 10.1. The molecular formula is C19H13NO3. The summed E-state index contributed by atoms with van der Waals surface area (Å²) >= 11 is 0. The normalized spacial score (nSPS) is 10.0. The molecule has 0 saturated carbocycles. The molecule has 0 saturated heterocycles. The fraction of sp³-hybridized carbons (Fsp3) is 0.0526. The van der Waals surface area contributed by atoms with Gasteiger partial charge in [0.25, 0.3) is 0 Å². The predicted molar refractivity (Wildman–Crippen MR) is 86.2 cm³/mol. The monoisotopic (exact) mass is 303 g/mol. The summed E-state index contributed by atoms with van der Waals surface area (Å²) in [6.07, 6.45) is 0. The van der Waals surface area contributed by atoms with Crippen LogP contribution >= 0.6 is 0 Å². The topological polar surface area (TPSA) is 59.3 Å². The first kappa shape index (κ1) is 14.6. The van der Waals surface area contributed by atoms with Crippen LogP contribution in [-0.4, -0.2) is 12.6 Å². The number of para-hydroxylation sites is 1. The zero-order valence-corrected chi connectivity index (χ0v) is 12.2. The van der Waals surface area contributed by atoms with E-state index in [1.54, 1.807) is 36.4 Å². The molecule has 0 spiro atoms. The lowest BCUT2D eigenvalue weighted by Crippen LogP contribution is -2.18. The summed E-state index contributed by atoms with van der Waals surface area (Å²) in [6, 6.07) is 22.0. The average Bonchev–Trinajstić information content (AvgIpc) is 2.60. The number of ether oxygens (including phenoxy) is 2. The van der Waals surface area contributed by atoms with Crippen molar-refractivity contribution in [1.29, 1.82) is 5.26 Å². The van der Waals surface area contributed by atoms with Crippen LogP contribution in [0.5, 0.6) is 11.5 Å². The van der Waals surface area contributed by atoms with Gasteiger partial charge in [-0.25, -0.2) is 4.79 Å². The van der Waals surface area contributed by atoms with Crippen molar-refractivity contribution in [1.82, 2.24) is 0 Å². The van der Waals surface area contributed by atoms with Gasteiger partial charge in [-0.05, 0) is 35.0 Å². The van der Waals surface area contributed by atoms with Crippen molar-refractivity contribution >= 4 is 16.7 Å². The highest BCUT2D eigenvalue weighted by Gasteiger charge is 2.09. The highest BCUT2D eigenvalue weighted by Crippen LogP contribution is 2.21. The molecule has 0 unspecified atom stereocenters. The van der Waals surface area contributed by atoms with E-state index >= 15 is 0 Å². The van der Waals surface area contributed by atoms with Gasteiger partial charge in [-0.3, -0.25) is 0 Å². The second-order valence-electron chi connectivity index (χ2n) is 4.88. The Kier molecular flexibility index (Phi) is 4.21.